The van der Waals surface area contributed by atoms with Crippen LogP contribution in [0.25, 0.3) is 0 Å². The third-order valence-electron chi connectivity index (χ3n) is 3.55. The van der Waals surface area contributed by atoms with Gasteiger partial charge in [-0.3, -0.25) is 4.79 Å². The van der Waals surface area contributed by atoms with E-state index in [1.807, 2.05) is 37.3 Å². The highest BCUT2D eigenvalue weighted by atomic mass is 79.9. The summed E-state index contributed by atoms with van der Waals surface area (Å²) in [5, 5.41) is 8.72. The Morgan fingerprint density at radius 2 is 1.71 bits per heavy atom. The van der Waals surface area contributed by atoms with E-state index >= 15 is 0 Å². The van der Waals surface area contributed by atoms with Crippen LogP contribution in [0, 0.1) is 13.8 Å². The summed E-state index contributed by atoms with van der Waals surface area (Å²) in [5.74, 6) is 0.792. The largest absolute Gasteiger partial charge is 0.490 e. The zero-order chi connectivity index (χ0) is 17.5. The zero-order valence-corrected chi connectivity index (χ0v) is 15.4. The number of hydrogen-bond acceptors (Lipinski definition) is 3. The summed E-state index contributed by atoms with van der Waals surface area (Å²) in [6, 6.07) is 11.7. The molecular weight excluding hydrogens is 372 g/mol. The van der Waals surface area contributed by atoms with E-state index in [-0.39, 0.29) is 6.42 Å². The van der Waals surface area contributed by atoms with Crippen molar-refractivity contribution in [1.82, 2.24) is 0 Å². The number of aliphatic carboxylic acids is 1. The van der Waals surface area contributed by atoms with Crippen LogP contribution in [0.4, 0.5) is 0 Å². The van der Waals surface area contributed by atoms with Gasteiger partial charge in [0.15, 0.2) is 0 Å². The molecule has 0 heterocycles. The van der Waals surface area contributed by atoms with Gasteiger partial charge >= 0.3 is 5.97 Å². The second kappa shape index (κ2) is 8.73. The predicted octanol–water partition coefficient (Wildman–Crippen LogP) is 4.54. The third kappa shape index (κ3) is 5.57. The topological polar surface area (TPSA) is 55.8 Å². The molecular formula is C19H21BrO4. The summed E-state index contributed by atoms with van der Waals surface area (Å²) in [7, 11) is 0. The van der Waals surface area contributed by atoms with Crippen molar-refractivity contribution in [1.29, 1.82) is 0 Å². The molecule has 0 amide bonds. The van der Waals surface area contributed by atoms with Gasteiger partial charge in [0.1, 0.15) is 24.7 Å². The van der Waals surface area contributed by atoms with E-state index in [9.17, 15) is 4.79 Å². The van der Waals surface area contributed by atoms with Gasteiger partial charge < -0.3 is 14.6 Å². The Kier molecular flexibility index (Phi) is 6.67. The van der Waals surface area contributed by atoms with Crippen molar-refractivity contribution < 1.29 is 19.4 Å². The smallest absolute Gasteiger partial charge is 0.303 e. The monoisotopic (exact) mass is 392 g/mol. The van der Waals surface area contributed by atoms with Crippen molar-refractivity contribution in [2.75, 3.05) is 13.2 Å². The number of halogens is 1. The van der Waals surface area contributed by atoms with E-state index in [2.05, 4.69) is 28.9 Å². The highest BCUT2D eigenvalue weighted by Gasteiger charge is 2.05. The van der Waals surface area contributed by atoms with Gasteiger partial charge in [-0.1, -0.05) is 23.8 Å². The summed E-state index contributed by atoms with van der Waals surface area (Å²) in [5.41, 5.74) is 3.28. The maximum atomic E-state index is 10.6. The number of carboxylic acid groups (broad SMARTS) is 1. The number of carbonyl (C=O) groups is 1. The van der Waals surface area contributed by atoms with Crippen LogP contribution in [0.15, 0.2) is 40.9 Å². The van der Waals surface area contributed by atoms with Crippen LogP contribution in [-0.4, -0.2) is 24.3 Å². The number of carboxylic acids is 1. The Morgan fingerprint density at radius 1 is 1.04 bits per heavy atom. The van der Waals surface area contributed by atoms with E-state index in [4.69, 9.17) is 14.6 Å². The fourth-order valence-electron chi connectivity index (χ4n) is 2.33. The van der Waals surface area contributed by atoms with Gasteiger partial charge in [0.25, 0.3) is 0 Å². The molecule has 0 fully saturated rings. The van der Waals surface area contributed by atoms with Gasteiger partial charge in [0.05, 0.1) is 4.47 Å². The Morgan fingerprint density at radius 3 is 2.33 bits per heavy atom. The van der Waals surface area contributed by atoms with Crippen molar-refractivity contribution in [3.05, 3.63) is 57.6 Å². The van der Waals surface area contributed by atoms with Crippen LogP contribution in [0.1, 0.15) is 23.1 Å². The molecule has 0 atom stereocenters. The van der Waals surface area contributed by atoms with Gasteiger partial charge in [-0.25, -0.2) is 0 Å². The molecule has 0 saturated heterocycles. The molecule has 2 aromatic rings. The molecule has 0 unspecified atom stereocenters. The van der Waals surface area contributed by atoms with Crippen LogP contribution in [0.5, 0.6) is 11.5 Å². The summed E-state index contributed by atoms with van der Waals surface area (Å²) >= 11 is 3.46. The lowest BCUT2D eigenvalue weighted by Gasteiger charge is -2.12. The lowest BCUT2D eigenvalue weighted by molar-refractivity contribution is -0.136. The molecule has 4 nitrogen and oxygen atoms in total. The van der Waals surface area contributed by atoms with E-state index < -0.39 is 5.97 Å². The van der Waals surface area contributed by atoms with Crippen LogP contribution in [-0.2, 0) is 11.2 Å². The average Bonchev–Trinajstić information content (AvgIpc) is 2.52. The van der Waals surface area contributed by atoms with Crippen molar-refractivity contribution >= 4 is 21.9 Å². The molecule has 0 aliphatic carbocycles. The van der Waals surface area contributed by atoms with Gasteiger partial charge in [-0.2, -0.15) is 0 Å². The minimum absolute atomic E-state index is 0.121. The highest BCUT2D eigenvalue weighted by Crippen LogP contribution is 2.26. The fourth-order valence-corrected chi connectivity index (χ4v) is 2.87. The first kappa shape index (κ1) is 18.3. The first-order valence-corrected chi connectivity index (χ1v) is 8.58. The quantitative estimate of drug-likeness (QED) is 0.669. The number of ether oxygens (including phenoxy) is 2. The van der Waals surface area contributed by atoms with E-state index in [1.165, 1.54) is 5.56 Å². The fraction of sp³-hybridized carbons (Fsp3) is 0.316. The molecule has 0 spiro atoms. The molecule has 1 N–H and O–H groups in total. The summed E-state index contributed by atoms with van der Waals surface area (Å²) in [6.07, 6.45) is 0.625. The average molecular weight is 393 g/mol. The summed E-state index contributed by atoms with van der Waals surface area (Å²) in [4.78, 5) is 10.6. The molecule has 0 aliphatic rings. The van der Waals surface area contributed by atoms with Gasteiger partial charge in [-0.15, -0.1) is 0 Å². The second-order valence-electron chi connectivity index (χ2n) is 5.62. The minimum atomic E-state index is -0.796. The molecule has 0 bridgehead atoms. The lowest BCUT2D eigenvalue weighted by atomic mass is 10.1. The van der Waals surface area contributed by atoms with Crippen LogP contribution >= 0.6 is 15.9 Å². The number of rotatable bonds is 8. The Hall–Kier alpha value is -2.01. The van der Waals surface area contributed by atoms with Crippen molar-refractivity contribution in [2.45, 2.75) is 26.7 Å². The van der Waals surface area contributed by atoms with Crippen molar-refractivity contribution in [2.24, 2.45) is 0 Å². The van der Waals surface area contributed by atoms with Crippen LogP contribution in [0.2, 0.25) is 0 Å². The van der Waals surface area contributed by atoms with Crippen molar-refractivity contribution in [3.63, 3.8) is 0 Å². The Labute approximate surface area is 150 Å². The normalized spacial score (nSPS) is 10.5. The molecule has 0 aromatic heterocycles. The van der Waals surface area contributed by atoms with Crippen LogP contribution in [0.3, 0.4) is 0 Å². The minimum Gasteiger partial charge on any atom is -0.490 e. The van der Waals surface area contributed by atoms with E-state index in [0.29, 0.717) is 19.6 Å². The number of aryl methyl sites for hydroxylation is 3. The van der Waals surface area contributed by atoms with E-state index in [1.54, 1.807) is 0 Å². The zero-order valence-electron chi connectivity index (χ0n) is 13.8. The molecule has 24 heavy (non-hydrogen) atoms. The van der Waals surface area contributed by atoms with Gasteiger partial charge in [-0.05, 0) is 65.5 Å². The molecule has 128 valence electrons. The SMILES string of the molecule is Cc1ccc(OCCOc2ccc(CCC(=O)O)cc2Br)c(C)c1. The molecule has 2 rings (SSSR count). The first-order valence-electron chi connectivity index (χ1n) is 7.79. The lowest BCUT2D eigenvalue weighted by Crippen LogP contribution is -2.10. The van der Waals surface area contributed by atoms with Gasteiger partial charge in [0, 0.05) is 6.42 Å². The number of benzene rings is 2. The molecule has 0 saturated carbocycles. The maximum absolute atomic E-state index is 10.6. The Balaban J connectivity index is 1.82. The van der Waals surface area contributed by atoms with E-state index in [0.717, 1.165) is 27.1 Å². The Bertz CT molecular complexity index is 713. The summed E-state index contributed by atoms with van der Waals surface area (Å²) in [6.45, 7) is 4.96. The maximum Gasteiger partial charge on any atom is 0.303 e. The molecule has 0 aliphatic heterocycles. The standard InChI is InChI=1S/C19H21BrO4/c1-13-3-6-17(14(2)11-13)23-9-10-24-18-7-4-15(12-16(18)20)5-8-19(21)22/h3-4,6-7,11-12H,5,8-10H2,1-2H3,(H,21,22). The second-order valence-corrected chi connectivity index (χ2v) is 6.48. The third-order valence-corrected chi connectivity index (χ3v) is 4.17. The predicted molar refractivity (Wildman–Crippen MR) is 97.0 cm³/mol. The number of hydrogen-bond donors (Lipinski definition) is 1. The summed E-state index contributed by atoms with van der Waals surface area (Å²) < 4.78 is 12.3. The molecule has 2 aromatic carbocycles. The molecule has 5 heteroatoms. The molecule has 0 radical (unpaired) electrons. The van der Waals surface area contributed by atoms with Crippen molar-refractivity contribution in [3.8, 4) is 11.5 Å². The van der Waals surface area contributed by atoms with Crippen LogP contribution < -0.4 is 9.47 Å². The van der Waals surface area contributed by atoms with Gasteiger partial charge in [0.2, 0.25) is 0 Å². The highest BCUT2D eigenvalue weighted by molar-refractivity contribution is 9.10. The first-order chi connectivity index (χ1) is 11.5.